The first kappa shape index (κ1) is 14.0. The van der Waals surface area contributed by atoms with Gasteiger partial charge in [0, 0.05) is 0 Å². The molecule has 0 aromatic heterocycles. The van der Waals surface area contributed by atoms with Crippen LogP contribution in [-0.4, -0.2) is 11.9 Å². The van der Waals surface area contributed by atoms with Crippen LogP contribution >= 0.6 is 0 Å². The highest BCUT2D eigenvalue weighted by Gasteiger charge is 2.31. The molecule has 0 spiro atoms. The largest absolute Gasteiger partial charge is 0.416 e. The van der Waals surface area contributed by atoms with Crippen molar-refractivity contribution in [2.75, 3.05) is 5.32 Å². The summed E-state index contributed by atoms with van der Waals surface area (Å²) in [5.41, 5.74) is 4.10. The number of hydrogen-bond donors (Lipinski definition) is 2. The van der Waals surface area contributed by atoms with Gasteiger partial charge in [-0.15, -0.1) is 0 Å². The third kappa shape index (κ3) is 3.21. The fraction of sp³-hybridized carbons (Fsp3) is 0.273. The number of hydrogen-bond acceptors (Lipinski definition) is 3. The Hall–Kier alpha value is -2.07. The molecule has 0 radical (unpaired) electrons. The number of halogens is 3. The van der Waals surface area contributed by atoms with Crippen molar-refractivity contribution < 1.29 is 18.0 Å². The Morgan fingerprint density at radius 2 is 2.11 bits per heavy atom. The van der Waals surface area contributed by atoms with Gasteiger partial charge >= 0.3 is 6.18 Å². The van der Waals surface area contributed by atoms with E-state index in [-0.39, 0.29) is 11.3 Å². The molecule has 0 saturated carbocycles. The van der Waals surface area contributed by atoms with E-state index in [1.165, 1.54) is 6.92 Å². The molecule has 0 aliphatic rings. The van der Waals surface area contributed by atoms with Gasteiger partial charge in [-0.05, 0) is 25.1 Å². The fourth-order valence-electron chi connectivity index (χ4n) is 1.17. The molecule has 4 nitrogen and oxygen atoms in total. The summed E-state index contributed by atoms with van der Waals surface area (Å²) in [7, 11) is 0. The van der Waals surface area contributed by atoms with Crippen LogP contribution in [0.5, 0.6) is 0 Å². The number of nitrogens with two attached hydrogens (primary N) is 1. The van der Waals surface area contributed by atoms with Crippen molar-refractivity contribution in [2.45, 2.75) is 19.1 Å². The summed E-state index contributed by atoms with van der Waals surface area (Å²) in [5.74, 6) is -0.578. The average Bonchev–Trinajstić information content (AvgIpc) is 2.27. The van der Waals surface area contributed by atoms with E-state index in [0.29, 0.717) is 6.07 Å². The molecule has 7 heteroatoms. The number of nitriles is 1. The predicted octanol–water partition coefficient (Wildman–Crippen LogP) is 1.86. The van der Waals surface area contributed by atoms with E-state index < -0.39 is 23.7 Å². The number of rotatable bonds is 2. The van der Waals surface area contributed by atoms with Crippen LogP contribution in [-0.2, 0) is 11.0 Å². The number of benzene rings is 1. The molecule has 0 saturated heterocycles. The Balaban J connectivity index is 3.10. The maximum atomic E-state index is 12.4. The van der Waals surface area contributed by atoms with Crippen molar-refractivity contribution >= 4 is 11.6 Å². The predicted molar refractivity (Wildman–Crippen MR) is 58.4 cm³/mol. The lowest BCUT2D eigenvalue weighted by Crippen LogP contribution is -2.32. The first-order valence-corrected chi connectivity index (χ1v) is 4.93. The maximum absolute atomic E-state index is 12.4. The first-order chi connectivity index (χ1) is 8.25. The molecule has 0 aliphatic carbocycles. The summed E-state index contributed by atoms with van der Waals surface area (Å²) in [6.45, 7) is 1.42. The molecule has 0 unspecified atom stereocenters. The highest BCUT2D eigenvalue weighted by molar-refractivity contribution is 5.95. The minimum Gasteiger partial charge on any atom is -0.324 e. The smallest absolute Gasteiger partial charge is 0.324 e. The van der Waals surface area contributed by atoms with Crippen LogP contribution in [0, 0.1) is 11.3 Å². The molecular weight excluding hydrogens is 247 g/mol. The van der Waals surface area contributed by atoms with Crippen molar-refractivity contribution in [2.24, 2.45) is 5.73 Å². The summed E-state index contributed by atoms with van der Waals surface area (Å²) in [6, 6.07) is 3.27. The van der Waals surface area contributed by atoms with Crippen molar-refractivity contribution in [3.8, 4) is 6.07 Å². The number of nitrogens with zero attached hydrogens (tertiary/aromatic N) is 1. The topological polar surface area (TPSA) is 78.9 Å². The lowest BCUT2D eigenvalue weighted by atomic mass is 10.1. The van der Waals surface area contributed by atoms with E-state index in [1.54, 1.807) is 6.07 Å². The lowest BCUT2D eigenvalue weighted by molar-refractivity contribution is -0.137. The van der Waals surface area contributed by atoms with Crippen LogP contribution in [0.2, 0.25) is 0 Å². The zero-order valence-corrected chi connectivity index (χ0v) is 9.38. The zero-order chi connectivity index (χ0) is 13.9. The number of amides is 1. The SMILES string of the molecule is C[C@@H](N)C(=O)Nc1ccc(C(F)(F)F)cc1C#N. The summed E-state index contributed by atoms with van der Waals surface area (Å²) in [6.07, 6.45) is -4.53. The molecule has 0 heterocycles. The van der Waals surface area contributed by atoms with Gasteiger partial charge in [0.1, 0.15) is 6.07 Å². The van der Waals surface area contributed by atoms with Gasteiger partial charge < -0.3 is 11.1 Å². The normalized spacial score (nSPS) is 12.7. The van der Waals surface area contributed by atoms with E-state index >= 15 is 0 Å². The van der Waals surface area contributed by atoms with Crippen molar-refractivity contribution in [1.29, 1.82) is 5.26 Å². The van der Waals surface area contributed by atoms with Crippen LogP contribution in [0.4, 0.5) is 18.9 Å². The molecule has 96 valence electrons. The summed E-state index contributed by atoms with van der Waals surface area (Å²) < 4.78 is 37.2. The monoisotopic (exact) mass is 257 g/mol. The Labute approximate surface area is 101 Å². The van der Waals surface area contributed by atoms with Crippen LogP contribution in [0.25, 0.3) is 0 Å². The van der Waals surface area contributed by atoms with Gasteiger partial charge in [-0.3, -0.25) is 4.79 Å². The molecule has 1 aromatic rings. The Morgan fingerprint density at radius 3 is 2.56 bits per heavy atom. The number of carbonyl (C=O) groups excluding carboxylic acids is 1. The molecule has 1 amide bonds. The quantitative estimate of drug-likeness (QED) is 0.848. The van der Waals surface area contributed by atoms with Crippen LogP contribution in [0.15, 0.2) is 18.2 Å². The average molecular weight is 257 g/mol. The Morgan fingerprint density at radius 1 is 1.50 bits per heavy atom. The Bertz CT molecular complexity index is 503. The molecular formula is C11H10F3N3O. The second-order valence-corrected chi connectivity index (χ2v) is 3.65. The summed E-state index contributed by atoms with van der Waals surface area (Å²) >= 11 is 0. The van der Waals surface area contributed by atoms with E-state index in [9.17, 15) is 18.0 Å². The molecule has 3 N–H and O–H groups in total. The maximum Gasteiger partial charge on any atom is 0.416 e. The second kappa shape index (κ2) is 5.06. The molecule has 0 aliphatic heterocycles. The van der Waals surface area contributed by atoms with Crippen molar-refractivity contribution in [3.05, 3.63) is 29.3 Å². The van der Waals surface area contributed by atoms with Gasteiger partial charge in [-0.1, -0.05) is 0 Å². The van der Waals surface area contributed by atoms with E-state index in [4.69, 9.17) is 11.0 Å². The van der Waals surface area contributed by atoms with Gasteiger partial charge in [0.05, 0.1) is 22.9 Å². The number of carbonyl (C=O) groups is 1. The van der Waals surface area contributed by atoms with Gasteiger partial charge in [-0.25, -0.2) is 0 Å². The van der Waals surface area contributed by atoms with Gasteiger partial charge in [-0.2, -0.15) is 18.4 Å². The molecule has 0 fully saturated rings. The minimum absolute atomic E-state index is 0.00722. The number of alkyl halides is 3. The first-order valence-electron chi connectivity index (χ1n) is 4.93. The van der Waals surface area contributed by atoms with Crippen LogP contribution < -0.4 is 11.1 Å². The van der Waals surface area contributed by atoms with E-state index in [0.717, 1.165) is 12.1 Å². The van der Waals surface area contributed by atoms with Gasteiger partial charge in [0.15, 0.2) is 0 Å². The molecule has 0 bridgehead atoms. The van der Waals surface area contributed by atoms with Gasteiger partial charge in [0.25, 0.3) is 0 Å². The number of anilines is 1. The summed E-state index contributed by atoms with van der Waals surface area (Å²) in [5, 5.41) is 11.0. The molecule has 1 aromatic carbocycles. The third-order valence-electron chi connectivity index (χ3n) is 2.14. The second-order valence-electron chi connectivity index (χ2n) is 3.65. The summed E-state index contributed by atoms with van der Waals surface area (Å²) in [4.78, 5) is 11.3. The van der Waals surface area contributed by atoms with E-state index in [1.807, 2.05) is 0 Å². The van der Waals surface area contributed by atoms with Crippen LogP contribution in [0.3, 0.4) is 0 Å². The van der Waals surface area contributed by atoms with E-state index in [2.05, 4.69) is 5.32 Å². The highest BCUT2D eigenvalue weighted by Crippen LogP contribution is 2.31. The fourth-order valence-corrected chi connectivity index (χ4v) is 1.17. The van der Waals surface area contributed by atoms with Crippen molar-refractivity contribution in [1.82, 2.24) is 0 Å². The highest BCUT2D eigenvalue weighted by atomic mass is 19.4. The third-order valence-corrected chi connectivity index (χ3v) is 2.14. The standard InChI is InChI=1S/C11H10F3N3O/c1-6(16)10(18)17-9-3-2-8(11(12,13)14)4-7(9)5-15/h2-4,6H,16H2,1H3,(H,17,18)/t6-/m1/s1. The lowest BCUT2D eigenvalue weighted by Gasteiger charge is -2.12. The minimum atomic E-state index is -4.53. The molecule has 18 heavy (non-hydrogen) atoms. The molecule has 1 rings (SSSR count). The van der Waals surface area contributed by atoms with Gasteiger partial charge in [0.2, 0.25) is 5.91 Å². The van der Waals surface area contributed by atoms with Crippen molar-refractivity contribution in [3.63, 3.8) is 0 Å². The zero-order valence-electron chi connectivity index (χ0n) is 9.38. The van der Waals surface area contributed by atoms with Crippen LogP contribution in [0.1, 0.15) is 18.1 Å². The Kier molecular flexibility index (Phi) is 3.93. The number of nitrogens with one attached hydrogen (secondary N) is 1. The molecule has 1 atom stereocenters.